The van der Waals surface area contributed by atoms with Gasteiger partial charge in [0.15, 0.2) is 0 Å². The Kier molecular flexibility index (Phi) is 6.98. The van der Waals surface area contributed by atoms with Crippen LogP contribution in [0.3, 0.4) is 0 Å². The molecule has 0 fully saturated rings. The molecule has 0 aliphatic carbocycles. The van der Waals surface area contributed by atoms with Crippen molar-refractivity contribution in [3.8, 4) is 0 Å². The molecule has 0 N–H and O–H groups in total. The van der Waals surface area contributed by atoms with E-state index < -0.39 is 10.1 Å². The second kappa shape index (κ2) is 7.42. The molecule has 0 aliphatic heterocycles. The quantitative estimate of drug-likeness (QED) is 0.284. The van der Waals surface area contributed by atoms with Crippen LogP contribution in [0.1, 0.15) is 19.8 Å². The van der Waals surface area contributed by atoms with E-state index in [4.69, 9.17) is 0 Å². The minimum atomic E-state index is -3.34. The highest BCUT2D eigenvalue weighted by Gasteiger charge is 1.98. The maximum atomic E-state index is 10.5. The molecule has 0 aromatic heterocycles. The summed E-state index contributed by atoms with van der Waals surface area (Å²) < 4.78 is 30.3. The van der Waals surface area contributed by atoms with Crippen LogP contribution in [-0.2, 0) is 23.8 Å². The summed E-state index contributed by atoms with van der Waals surface area (Å²) in [5, 5.41) is 0. The molecule has 0 radical (unpaired) electrons. The molecule has 0 bridgehead atoms. The smallest absolute Gasteiger partial charge is 0.302 e. The van der Waals surface area contributed by atoms with Gasteiger partial charge in [-0.1, -0.05) is 12.2 Å². The van der Waals surface area contributed by atoms with Crippen LogP contribution in [0.5, 0.6) is 0 Å². The summed E-state index contributed by atoms with van der Waals surface area (Å²) in [6, 6.07) is 0. The van der Waals surface area contributed by atoms with Crippen molar-refractivity contribution in [2.75, 3.05) is 19.5 Å². The van der Waals surface area contributed by atoms with Crippen LogP contribution in [0.25, 0.3) is 0 Å². The van der Waals surface area contributed by atoms with Gasteiger partial charge in [-0.2, -0.15) is 8.42 Å². The van der Waals surface area contributed by atoms with E-state index >= 15 is 0 Å². The predicted molar refractivity (Wildman–Crippen MR) is 55.8 cm³/mol. The topological polar surface area (TPSA) is 69.7 Å². The van der Waals surface area contributed by atoms with Crippen LogP contribution in [-0.4, -0.2) is 33.9 Å². The molecule has 6 heteroatoms. The van der Waals surface area contributed by atoms with E-state index in [1.54, 1.807) is 6.08 Å². The molecule has 88 valence electrons. The second-order valence-electron chi connectivity index (χ2n) is 2.91. The van der Waals surface area contributed by atoms with Gasteiger partial charge < -0.3 is 4.74 Å². The first-order chi connectivity index (χ1) is 6.92. The Morgan fingerprint density at radius 3 is 2.20 bits per heavy atom. The molecule has 5 nitrogen and oxygen atoms in total. The van der Waals surface area contributed by atoms with Crippen LogP contribution < -0.4 is 0 Å². The van der Waals surface area contributed by atoms with Crippen LogP contribution in [0, 0.1) is 0 Å². The molecular weight excluding hydrogens is 220 g/mol. The Hall–Kier alpha value is -0.880. The molecule has 0 rings (SSSR count). The molecule has 0 unspecified atom stereocenters. The third kappa shape index (κ3) is 13.1. The van der Waals surface area contributed by atoms with Crippen LogP contribution >= 0.6 is 0 Å². The summed E-state index contributed by atoms with van der Waals surface area (Å²) in [6.45, 7) is 1.84. The van der Waals surface area contributed by atoms with Crippen LogP contribution in [0.4, 0.5) is 0 Å². The summed E-state index contributed by atoms with van der Waals surface area (Å²) in [4.78, 5) is 10.4. The van der Waals surface area contributed by atoms with Gasteiger partial charge in [0.2, 0.25) is 0 Å². The fourth-order valence-corrected chi connectivity index (χ4v) is 1.17. The molecule has 0 saturated heterocycles. The number of carbonyl (C=O) groups excluding carboxylic acids is 1. The van der Waals surface area contributed by atoms with Gasteiger partial charge in [0.1, 0.15) is 0 Å². The van der Waals surface area contributed by atoms with E-state index in [0.717, 1.165) is 6.26 Å². The highest BCUT2D eigenvalue weighted by atomic mass is 32.2. The summed E-state index contributed by atoms with van der Waals surface area (Å²) >= 11 is 0. The molecule has 0 heterocycles. The Labute approximate surface area is 90.2 Å². The van der Waals surface area contributed by atoms with Gasteiger partial charge in [0.25, 0.3) is 10.1 Å². The van der Waals surface area contributed by atoms with E-state index in [9.17, 15) is 13.2 Å². The average molecular weight is 236 g/mol. The second-order valence-corrected chi connectivity index (χ2v) is 4.56. The summed E-state index contributed by atoms with van der Waals surface area (Å²) in [6.07, 6.45) is 5.76. The van der Waals surface area contributed by atoms with Crippen molar-refractivity contribution in [2.45, 2.75) is 19.8 Å². The lowest BCUT2D eigenvalue weighted by atomic mass is 10.3. The normalized spacial score (nSPS) is 11.9. The Balaban J connectivity index is 3.36. The van der Waals surface area contributed by atoms with Crippen LogP contribution in [0.2, 0.25) is 0 Å². The number of rotatable bonds is 7. The Morgan fingerprint density at radius 2 is 1.73 bits per heavy atom. The monoisotopic (exact) mass is 236 g/mol. The maximum absolute atomic E-state index is 10.5. The zero-order valence-corrected chi connectivity index (χ0v) is 9.75. The molecule has 0 aromatic rings. The van der Waals surface area contributed by atoms with Gasteiger partial charge in [-0.05, 0) is 12.8 Å². The van der Waals surface area contributed by atoms with Crippen LogP contribution in [0.15, 0.2) is 12.2 Å². The third-order valence-corrected chi connectivity index (χ3v) is 1.93. The minimum absolute atomic E-state index is 0.142. The lowest BCUT2D eigenvalue weighted by molar-refractivity contribution is -0.140. The molecule has 0 spiro atoms. The fourth-order valence-electron chi connectivity index (χ4n) is 0.774. The van der Waals surface area contributed by atoms with Gasteiger partial charge in [-0.15, -0.1) is 0 Å². The van der Waals surface area contributed by atoms with Crippen molar-refractivity contribution in [2.24, 2.45) is 0 Å². The SMILES string of the molecule is CC(=O)OCCC=CCCOS(C)(=O)=O. The molecule has 0 atom stereocenters. The fraction of sp³-hybridized carbons (Fsp3) is 0.667. The van der Waals surface area contributed by atoms with Crippen molar-refractivity contribution in [1.29, 1.82) is 0 Å². The third-order valence-electron chi connectivity index (χ3n) is 1.34. The first-order valence-electron chi connectivity index (χ1n) is 4.54. The lowest BCUT2D eigenvalue weighted by Gasteiger charge is -1.98. The van der Waals surface area contributed by atoms with Crippen molar-refractivity contribution in [1.82, 2.24) is 0 Å². The van der Waals surface area contributed by atoms with Gasteiger partial charge in [0, 0.05) is 6.92 Å². The first kappa shape index (κ1) is 14.1. The summed E-state index contributed by atoms with van der Waals surface area (Å²) in [5.41, 5.74) is 0. The zero-order chi connectivity index (χ0) is 11.7. The van der Waals surface area contributed by atoms with Gasteiger partial charge in [-0.3, -0.25) is 8.98 Å². The molecule has 0 aliphatic rings. The van der Waals surface area contributed by atoms with Gasteiger partial charge in [-0.25, -0.2) is 0 Å². The first-order valence-corrected chi connectivity index (χ1v) is 6.36. The maximum Gasteiger partial charge on any atom is 0.302 e. The largest absolute Gasteiger partial charge is 0.466 e. The highest BCUT2D eigenvalue weighted by molar-refractivity contribution is 7.85. The Morgan fingerprint density at radius 1 is 1.20 bits per heavy atom. The van der Waals surface area contributed by atoms with E-state index in [1.165, 1.54) is 6.92 Å². The average Bonchev–Trinajstić information content (AvgIpc) is 2.07. The standard InChI is InChI=1S/C9H16O5S/c1-9(10)13-7-5-3-4-6-8-14-15(2,11)12/h3-4H,5-8H2,1-2H3. The molecule has 0 aromatic carbocycles. The molecule has 15 heavy (non-hydrogen) atoms. The number of esters is 1. The van der Waals surface area contributed by atoms with Gasteiger partial charge >= 0.3 is 5.97 Å². The number of hydrogen-bond donors (Lipinski definition) is 0. The molecular formula is C9H16O5S. The molecule has 0 amide bonds. The van der Waals surface area contributed by atoms with Crippen molar-refractivity contribution in [3.05, 3.63) is 12.2 Å². The number of ether oxygens (including phenoxy) is 1. The van der Waals surface area contributed by atoms with Crippen molar-refractivity contribution >= 4 is 16.1 Å². The highest BCUT2D eigenvalue weighted by Crippen LogP contribution is 1.93. The van der Waals surface area contributed by atoms with E-state index in [0.29, 0.717) is 19.4 Å². The number of carbonyl (C=O) groups is 1. The van der Waals surface area contributed by atoms with E-state index in [1.807, 2.05) is 6.08 Å². The zero-order valence-electron chi connectivity index (χ0n) is 8.93. The van der Waals surface area contributed by atoms with Crippen molar-refractivity contribution in [3.63, 3.8) is 0 Å². The molecule has 0 saturated carbocycles. The predicted octanol–water partition coefficient (Wildman–Crippen LogP) is 0.862. The Bertz CT molecular complexity index is 304. The summed E-state index contributed by atoms with van der Waals surface area (Å²) in [7, 11) is -3.34. The minimum Gasteiger partial charge on any atom is -0.466 e. The van der Waals surface area contributed by atoms with E-state index in [-0.39, 0.29) is 12.6 Å². The van der Waals surface area contributed by atoms with Gasteiger partial charge in [0.05, 0.1) is 19.5 Å². The van der Waals surface area contributed by atoms with Crippen molar-refractivity contribution < 1.29 is 22.1 Å². The summed E-state index contributed by atoms with van der Waals surface area (Å²) in [5.74, 6) is -0.302. The number of hydrogen-bond acceptors (Lipinski definition) is 5. The van der Waals surface area contributed by atoms with E-state index in [2.05, 4.69) is 8.92 Å². The lowest BCUT2D eigenvalue weighted by Crippen LogP contribution is -2.03.